The second kappa shape index (κ2) is 10.3. The van der Waals surface area contributed by atoms with E-state index in [9.17, 15) is 9.59 Å². The Kier molecular flexibility index (Phi) is 9.96. The SMILES string of the molecule is COCCN(CC(=O)N(C)C)C(=O)CCCCBr. The Hall–Kier alpha value is -0.620. The number of hydrogen-bond donors (Lipinski definition) is 0. The molecule has 0 bridgehead atoms. The van der Waals surface area contributed by atoms with Crippen molar-refractivity contribution in [2.75, 3.05) is 46.2 Å². The Bertz CT molecular complexity index is 260. The van der Waals surface area contributed by atoms with Gasteiger partial charge in [-0.15, -0.1) is 0 Å². The Morgan fingerprint density at radius 2 is 1.83 bits per heavy atom. The van der Waals surface area contributed by atoms with Gasteiger partial charge in [-0.2, -0.15) is 0 Å². The molecule has 0 spiro atoms. The molecule has 0 N–H and O–H groups in total. The smallest absolute Gasteiger partial charge is 0.241 e. The lowest BCUT2D eigenvalue weighted by atomic mass is 10.2. The number of alkyl halides is 1. The van der Waals surface area contributed by atoms with Gasteiger partial charge in [0, 0.05) is 39.5 Å². The monoisotopic (exact) mass is 322 g/mol. The van der Waals surface area contributed by atoms with Crippen LogP contribution in [0.1, 0.15) is 19.3 Å². The number of rotatable bonds is 9. The fraction of sp³-hybridized carbons (Fsp3) is 0.833. The number of hydrogen-bond acceptors (Lipinski definition) is 3. The molecule has 0 aliphatic rings. The molecule has 5 nitrogen and oxygen atoms in total. The highest BCUT2D eigenvalue weighted by molar-refractivity contribution is 9.09. The molecule has 0 aliphatic heterocycles. The molecule has 0 atom stereocenters. The van der Waals surface area contributed by atoms with Crippen molar-refractivity contribution in [3.05, 3.63) is 0 Å². The van der Waals surface area contributed by atoms with Crippen LogP contribution in [0.3, 0.4) is 0 Å². The summed E-state index contributed by atoms with van der Waals surface area (Å²) in [5, 5.41) is 0.898. The quantitative estimate of drug-likeness (QED) is 0.472. The number of carbonyl (C=O) groups is 2. The molecule has 0 saturated carbocycles. The molecule has 106 valence electrons. The number of nitrogens with zero attached hydrogens (tertiary/aromatic N) is 2. The van der Waals surface area contributed by atoms with Crippen molar-refractivity contribution in [1.82, 2.24) is 9.80 Å². The molecule has 2 amide bonds. The highest BCUT2D eigenvalue weighted by Gasteiger charge is 2.17. The van der Waals surface area contributed by atoms with Crippen LogP contribution in [0, 0.1) is 0 Å². The summed E-state index contributed by atoms with van der Waals surface area (Å²) in [6.07, 6.45) is 2.28. The lowest BCUT2D eigenvalue weighted by Gasteiger charge is -2.23. The van der Waals surface area contributed by atoms with Gasteiger partial charge in [0.2, 0.25) is 11.8 Å². The highest BCUT2D eigenvalue weighted by atomic mass is 79.9. The molecule has 0 aromatic heterocycles. The van der Waals surface area contributed by atoms with E-state index in [0.29, 0.717) is 19.6 Å². The number of ether oxygens (including phenoxy) is 1. The molecule has 0 aliphatic carbocycles. The molecule has 0 fully saturated rings. The highest BCUT2D eigenvalue weighted by Crippen LogP contribution is 2.03. The minimum Gasteiger partial charge on any atom is -0.383 e. The van der Waals surface area contributed by atoms with Crippen LogP contribution in [-0.4, -0.2) is 67.8 Å². The maximum absolute atomic E-state index is 12.0. The zero-order valence-corrected chi connectivity index (χ0v) is 13.0. The zero-order chi connectivity index (χ0) is 14.0. The van der Waals surface area contributed by atoms with Crippen LogP contribution in [0.15, 0.2) is 0 Å². The maximum atomic E-state index is 12.0. The number of methoxy groups -OCH3 is 1. The number of carbonyl (C=O) groups excluding carboxylic acids is 2. The van der Waals surface area contributed by atoms with E-state index in [1.807, 2.05) is 0 Å². The van der Waals surface area contributed by atoms with Crippen molar-refractivity contribution in [2.24, 2.45) is 0 Å². The normalized spacial score (nSPS) is 10.2. The van der Waals surface area contributed by atoms with E-state index in [1.165, 1.54) is 4.90 Å². The van der Waals surface area contributed by atoms with Gasteiger partial charge >= 0.3 is 0 Å². The van der Waals surface area contributed by atoms with Crippen LogP contribution in [0.25, 0.3) is 0 Å². The summed E-state index contributed by atoms with van der Waals surface area (Å²) in [6, 6.07) is 0. The van der Waals surface area contributed by atoms with E-state index in [1.54, 1.807) is 26.1 Å². The molecule has 0 radical (unpaired) electrons. The first-order chi connectivity index (χ1) is 8.52. The average Bonchev–Trinajstić information content (AvgIpc) is 2.34. The second-order valence-corrected chi connectivity index (χ2v) is 5.04. The van der Waals surface area contributed by atoms with Gasteiger partial charge in [0.05, 0.1) is 13.2 Å². The van der Waals surface area contributed by atoms with E-state index in [-0.39, 0.29) is 18.4 Å². The summed E-state index contributed by atoms with van der Waals surface area (Å²) < 4.78 is 4.96. The molecule has 6 heteroatoms. The Balaban J connectivity index is 4.27. The van der Waals surface area contributed by atoms with Gasteiger partial charge in [-0.1, -0.05) is 15.9 Å². The Morgan fingerprint density at radius 1 is 1.17 bits per heavy atom. The summed E-state index contributed by atoms with van der Waals surface area (Å²) in [7, 11) is 4.96. The second-order valence-electron chi connectivity index (χ2n) is 4.24. The molecule has 18 heavy (non-hydrogen) atoms. The first-order valence-corrected chi connectivity index (χ1v) is 7.18. The predicted molar refractivity (Wildman–Crippen MR) is 74.8 cm³/mol. The third kappa shape index (κ3) is 7.66. The van der Waals surface area contributed by atoms with Crippen LogP contribution < -0.4 is 0 Å². The molecule has 0 aromatic carbocycles. The topological polar surface area (TPSA) is 49.9 Å². The first kappa shape index (κ1) is 17.4. The van der Waals surface area contributed by atoms with E-state index in [2.05, 4.69) is 15.9 Å². The first-order valence-electron chi connectivity index (χ1n) is 6.05. The summed E-state index contributed by atoms with van der Waals surface area (Å²) >= 11 is 3.33. The molecule has 0 aromatic rings. The van der Waals surface area contributed by atoms with Crippen molar-refractivity contribution in [3.8, 4) is 0 Å². The molecule has 0 heterocycles. The largest absolute Gasteiger partial charge is 0.383 e. The van der Waals surface area contributed by atoms with E-state index in [4.69, 9.17) is 4.74 Å². The molecular weight excluding hydrogens is 300 g/mol. The predicted octanol–water partition coefficient (Wildman–Crippen LogP) is 1.11. The van der Waals surface area contributed by atoms with Crippen molar-refractivity contribution < 1.29 is 14.3 Å². The summed E-state index contributed by atoms with van der Waals surface area (Å²) in [5.74, 6) is -0.0526. The summed E-state index contributed by atoms with van der Waals surface area (Å²) in [6.45, 7) is 1.04. The lowest BCUT2D eigenvalue weighted by molar-refractivity contribution is -0.139. The number of likely N-dealkylation sites (N-methyl/N-ethyl adjacent to an activating group) is 1. The third-order valence-electron chi connectivity index (χ3n) is 2.52. The van der Waals surface area contributed by atoms with E-state index >= 15 is 0 Å². The summed E-state index contributed by atoms with van der Waals surface area (Å²) in [5.41, 5.74) is 0. The average molecular weight is 323 g/mol. The Morgan fingerprint density at radius 3 is 2.33 bits per heavy atom. The third-order valence-corrected chi connectivity index (χ3v) is 3.08. The minimum atomic E-state index is -0.0695. The van der Waals surface area contributed by atoms with Crippen molar-refractivity contribution in [3.63, 3.8) is 0 Å². The van der Waals surface area contributed by atoms with E-state index in [0.717, 1.165) is 18.2 Å². The van der Waals surface area contributed by atoms with Crippen LogP contribution >= 0.6 is 15.9 Å². The van der Waals surface area contributed by atoms with Crippen LogP contribution in [0.4, 0.5) is 0 Å². The van der Waals surface area contributed by atoms with E-state index < -0.39 is 0 Å². The lowest BCUT2D eigenvalue weighted by Crippen LogP contribution is -2.41. The summed E-state index contributed by atoms with van der Waals surface area (Å²) in [4.78, 5) is 26.7. The molecule has 0 saturated heterocycles. The van der Waals surface area contributed by atoms with Crippen LogP contribution in [-0.2, 0) is 14.3 Å². The van der Waals surface area contributed by atoms with Crippen molar-refractivity contribution in [1.29, 1.82) is 0 Å². The molecular formula is C12H23BrN2O3. The van der Waals surface area contributed by atoms with Gasteiger partial charge < -0.3 is 14.5 Å². The maximum Gasteiger partial charge on any atom is 0.241 e. The number of unbranched alkanes of at least 4 members (excludes halogenated alkanes) is 1. The van der Waals surface area contributed by atoms with Crippen molar-refractivity contribution >= 4 is 27.7 Å². The van der Waals surface area contributed by atoms with Gasteiger partial charge in [0.1, 0.15) is 0 Å². The Labute approximate surface area is 118 Å². The fourth-order valence-corrected chi connectivity index (χ4v) is 1.72. The van der Waals surface area contributed by atoms with Crippen LogP contribution in [0.5, 0.6) is 0 Å². The standard InChI is InChI=1S/C12H23BrN2O3/c1-14(2)12(17)10-15(8-9-18-3)11(16)6-4-5-7-13/h4-10H2,1-3H3. The molecule has 0 unspecified atom stereocenters. The van der Waals surface area contributed by atoms with Crippen LogP contribution in [0.2, 0.25) is 0 Å². The van der Waals surface area contributed by atoms with Gasteiger partial charge in [0.15, 0.2) is 0 Å². The number of halogens is 1. The van der Waals surface area contributed by atoms with Gasteiger partial charge in [0.25, 0.3) is 0 Å². The minimum absolute atomic E-state index is 0.0169. The number of amides is 2. The zero-order valence-electron chi connectivity index (χ0n) is 11.4. The van der Waals surface area contributed by atoms with Gasteiger partial charge in [-0.25, -0.2) is 0 Å². The van der Waals surface area contributed by atoms with Gasteiger partial charge in [-0.3, -0.25) is 9.59 Å². The van der Waals surface area contributed by atoms with Crippen molar-refractivity contribution in [2.45, 2.75) is 19.3 Å². The van der Waals surface area contributed by atoms with Gasteiger partial charge in [-0.05, 0) is 12.8 Å². The molecule has 0 rings (SSSR count). The fourth-order valence-electron chi connectivity index (χ4n) is 1.33.